The summed E-state index contributed by atoms with van der Waals surface area (Å²) in [5.41, 5.74) is -0.270. The van der Waals surface area contributed by atoms with Gasteiger partial charge in [-0.3, -0.25) is 14.5 Å². The van der Waals surface area contributed by atoms with Crippen LogP contribution >= 0.6 is 0 Å². The lowest BCUT2D eigenvalue weighted by Crippen LogP contribution is -2.41. The number of carbonyl (C=O) groups excluding carboxylic acids is 2. The Bertz CT molecular complexity index is 814. The predicted octanol–water partition coefficient (Wildman–Crippen LogP) is 0.451. The summed E-state index contributed by atoms with van der Waals surface area (Å²) >= 11 is 0. The first-order valence-electron chi connectivity index (χ1n) is 8.96. The first kappa shape index (κ1) is 19.8. The largest absolute Gasteiger partial charge is 0.379 e. The standard InChI is InChI=1S/C18H25N3O5S/c1-18(2)13-27(24,25)21(17(18)23)15-5-3-14(4-6-15)16(22)19-7-8-20-9-11-26-12-10-20/h3-6H,7-13H2,1-2H3,(H,19,22). The SMILES string of the molecule is CC1(C)CS(=O)(=O)N(c2ccc(C(=O)NCCN3CCOCC3)cc2)C1=O. The van der Waals surface area contributed by atoms with Gasteiger partial charge in [0.1, 0.15) is 0 Å². The van der Waals surface area contributed by atoms with Crippen molar-refractivity contribution in [2.45, 2.75) is 13.8 Å². The van der Waals surface area contributed by atoms with Crippen molar-refractivity contribution in [1.29, 1.82) is 0 Å². The molecule has 0 atom stereocenters. The van der Waals surface area contributed by atoms with E-state index in [2.05, 4.69) is 10.2 Å². The van der Waals surface area contributed by atoms with E-state index >= 15 is 0 Å². The number of nitrogens with one attached hydrogen (secondary N) is 1. The van der Waals surface area contributed by atoms with Crippen molar-refractivity contribution in [3.63, 3.8) is 0 Å². The third-order valence-electron chi connectivity index (χ3n) is 4.77. The van der Waals surface area contributed by atoms with E-state index in [-0.39, 0.29) is 17.3 Å². The third-order valence-corrected chi connectivity index (χ3v) is 6.79. The number of ether oxygens (including phenoxy) is 1. The van der Waals surface area contributed by atoms with E-state index in [1.54, 1.807) is 13.8 Å². The fourth-order valence-corrected chi connectivity index (χ4v) is 5.37. The van der Waals surface area contributed by atoms with Crippen LogP contribution in [0.1, 0.15) is 24.2 Å². The van der Waals surface area contributed by atoms with Crippen molar-refractivity contribution >= 4 is 27.5 Å². The third kappa shape index (κ3) is 4.31. The van der Waals surface area contributed by atoms with Gasteiger partial charge in [0, 0.05) is 31.7 Å². The van der Waals surface area contributed by atoms with Gasteiger partial charge < -0.3 is 10.1 Å². The zero-order valence-electron chi connectivity index (χ0n) is 15.6. The number of morpholine rings is 1. The summed E-state index contributed by atoms with van der Waals surface area (Å²) in [5.74, 6) is -0.904. The van der Waals surface area contributed by atoms with Crippen LogP contribution in [-0.2, 0) is 19.6 Å². The van der Waals surface area contributed by atoms with Crippen LogP contribution in [0.4, 0.5) is 5.69 Å². The number of carbonyl (C=O) groups is 2. The topological polar surface area (TPSA) is 96.0 Å². The number of sulfonamides is 1. The number of benzene rings is 1. The quantitative estimate of drug-likeness (QED) is 0.778. The summed E-state index contributed by atoms with van der Waals surface area (Å²) in [6.07, 6.45) is 0. The molecule has 2 heterocycles. The molecule has 2 aliphatic heterocycles. The van der Waals surface area contributed by atoms with Gasteiger partial charge in [0.25, 0.3) is 5.91 Å². The number of nitrogens with zero attached hydrogens (tertiary/aromatic N) is 2. The lowest BCUT2D eigenvalue weighted by Gasteiger charge is -2.26. The molecule has 0 spiro atoms. The molecule has 148 valence electrons. The lowest BCUT2D eigenvalue weighted by atomic mass is 9.95. The highest BCUT2D eigenvalue weighted by molar-refractivity contribution is 7.94. The highest BCUT2D eigenvalue weighted by Crippen LogP contribution is 2.35. The van der Waals surface area contributed by atoms with Crippen LogP contribution in [0.2, 0.25) is 0 Å². The van der Waals surface area contributed by atoms with Gasteiger partial charge in [-0.15, -0.1) is 0 Å². The molecular formula is C18H25N3O5S. The van der Waals surface area contributed by atoms with Crippen LogP contribution in [0.3, 0.4) is 0 Å². The summed E-state index contributed by atoms with van der Waals surface area (Å²) in [5, 5.41) is 2.85. The minimum absolute atomic E-state index is 0.220. The average Bonchev–Trinajstić information content (AvgIpc) is 2.78. The fourth-order valence-electron chi connectivity index (χ4n) is 3.26. The summed E-state index contributed by atoms with van der Waals surface area (Å²) < 4.78 is 30.7. The highest BCUT2D eigenvalue weighted by atomic mass is 32.2. The second kappa shape index (κ2) is 7.57. The number of amides is 2. The fraction of sp³-hybridized carbons (Fsp3) is 0.556. The minimum atomic E-state index is -3.69. The molecule has 27 heavy (non-hydrogen) atoms. The molecule has 3 rings (SSSR count). The van der Waals surface area contributed by atoms with Crippen LogP contribution in [0.25, 0.3) is 0 Å². The molecule has 0 unspecified atom stereocenters. The van der Waals surface area contributed by atoms with Crippen LogP contribution in [0, 0.1) is 5.41 Å². The van der Waals surface area contributed by atoms with E-state index in [0.717, 1.165) is 23.9 Å². The Morgan fingerprint density at radius 3 is 2.37 bits per heavy atom. The van der Waals surface area contributed by atoms with Gasteiger partial charge in [-0.2, -0.15) is 0 Å². The highest BCUT2D eigenvalue weighted by Gasteiger charge is 2.49. The first-order valence-corrected chi connectivity index (χ1v) is 10.6. The van der Waals surface area contributed by atoms with Crippen molar-refractivity contribution in [3.05, 3.63) is 29.8 Å². The molecule has 2 aliphatic rings. The monoisotopic (exact) mass is 395 g/mol. The lowest BCUT2D eigenvalue weighted by molar-refractivity contribution is -0.123. The van der Waals surface area contributed by atoms with Gasteiger partial charge in [0.05, 0.1) is 30.1 Å². The second-order valence-electron chi connectivity index (χ2n) is 7.47. The molecule has 0 saturated carbocycles. The zero-order chi connectivity index (χ0) is 19.7. The van der Waals surface area contributed by atoms with Crippen LogP contribution in [-0.4, -0.2) is 70.3 Å². The molecule has 0 bridgehead atoms. The summed E-state index contributed by atoms with van der Waals surface area (Å²) in [6, 6.07) is 6.06. The molecule has 2 fully saturated rings. The zero-order valence-corrected chi connectivity index (χ0v) is 16.4. The molecule has 1 aromatic carbocycles. The molecule has 1 aromatic rings. The minimum Gasteiger partial charge on any atom is -0.379 e. The van der Waals surface area contributed by atoms with Crippen LogP contribution in [0.5, 0.6) is 0 Å². The molecule has 0 aliphatic carbocycles. The average molecular weight is 395 g/mol. The van der Waals surface area contributed by atoms with E-state index in [1.807, 2.05) is 0 Å². The van der Waals surface area contributed by atoms with Crippen molar-refractivity contribution in [2.24, 2.45) is 5.41 Å². The molecule has 0 radical (unpaired) electrons. The van der Waals surface area contributed by atoms with E-state index < -0.39 is 21.3 Å². The van der Waals surface area contributed by atoms with Gasteiger partial charge in [0.15, 0.2) is 0 Å². The number of rotatable bonds is 5. The number of anilines is 1. The van der Waals surface area contributed by atoms with Gasteiger partial charge in [0.2, 0.25) is 15.9 Å². The maximum atomic E-state index is 12.4. The van der Waals surface area contributed by atoms with Gasteiger partial charge in [-0.05, 0) is 38.1 Å². The number of hydrogen-bond donors (Lipinski definition) is 1. The van der Waals surface area contributed by atoms with Crippen molar-refractivity contribution in [1.82, 2.24) is 10.2 Å². The molecule has 2 amide bonds. The van der Waals surface area contributed by atoms with Crippen molar-refractivity contribution < 1.29 is 22.7 Å². The van der Waals surface area contributed by atoms with E-state index in [1.165, 1.54) is 24.3 Å². The Labute approximate surface area is 159 Å². The summed E-state index contributed by atoms with van der Waals surface area (Å²) in [7, 11) is -3.69. The van der Waals surface area contributed by atoms with Gasteiger partial charge in [-0.25, -0.2) is 12.7 Å². The second-order valence-corrected chi connectivity index (χ2v) is 9.28. The van der Waals surface area contributed by atoms with Gasteiger partial charge >= 0.3 is 0 Å². The predicted molar refractivity (Wildman–Crippen MR) is 101 cm³/mol. The Kier molecular flexibility index (Phi) is 5.55. The van der Waals surface area contributed by atoms with Gasteiger partial charge in [-0.1, -0.05) is 0 Å². The van der Waals surface area contributed by atoms with Crippen LogP contribution in [0.15, 0.2) is 24.3 Å². The maximum Gasteiger partial charge on any atom is 0.251 e. The molecular weight excluding hydrogens is 370 g/mol. The summed E-state index contributed by atoms with van der Waals surface area (Å²) in [6.45, 7) is 7.65. The Hall–Kier alpha value is -1.97. The Morgan fingerprint density at radius 2 is 1.81 bits per heavy atom. The molecule has 0 aromatic heterocycles. The first-order chi connectivity index (χ1) is 12.7. The smallest absolute Gasteiger partial charge is 0.251 e. The van der Waals surface area contributed by atoms with E-state index in [9.17, 15) is 18.0 Å². The summed E-state index contributed by atoms with van der Waals surface area (Å²) in [4.78, 5) is 26.9. The molecule has 9 heteroatoms. The van der Waals surface area contributed by atoms with Crippen molar-refractivity contribution in [3.8, 4) is 0 Å². The molecule has 1 N–H and O–H groups in total. The van der Waals surface area contributed by atoms with E-state index in [0.29, 0.717) is 25.3 Å². The van der Waals surface area contributed by atoms with E-state index in [4.69, 9.17) is 4.74 Å². The molecule has 2 saturated heterocycles. The normalized spacial score (nSPS) is 22.0. The Morgan fingerprint density at radius 1 is 1.19 bits per heavy atom. The van der Waals surface area contributed by atoms with Crippen LogP contribution < -0.4 is 9.62 Å². The Balaban J connectivity index is 1.61. The maximum absolute atomic E-state index is 12.4. The van der Waals surface area contributed by atoms with Crippen molar-refractivity contribution in [2.75, 3.05) is 49.5 Å². The number of hydrogen-bond acceptors (Lipinski definition) is 6. The molecule has 8 nitrogen and oxygen atoms in total.